The van der Waals surface area contributed by atoms with Crippen LogP contribution < -0.4 is 0 Å². The SMILES string of the molecule is C=CC(C)(C)OCC(O)CN1CCN(CC)CC1.Cl.Cl. The molecule has 0 amide bonds. The van der Waals surface area contributed by atoms with Gasteiger partial charge in [-0.2, -0.15) is 0 Å². The molecule has 0 aromatic rings. The molecule has 0 bridgehead atoms. The predicted molar refractivity (Wildman–Crippen MR) is 89.3 cm³/mol. The van der Waals surface area contributed by atoms with Crippen molar-refractivity contribution in [3.8, 4) is 0 Å². The van der Waals surface area contributed by atoms with Crippen molar-refractivity contribution in [1.82, 2.24) is 9.80 Å². The number of halogens is 2. The minimum Gasteiger partial charge on any atom is -0.389 e. The normalized spacial score (nSPS) is 18.8. The minimum absolute atomic E-state index is 0. The number of hydrogen-bond donors (Lipinski definition) is 1. The van der Waals surface area contributed by atoms with Crippen LogP contribution in [0.3, 0.4) is 0 Å². The third-order valence-corrected chi connectivity index (χ3v) is 3.52. The summed E-state index contributed by atoms with van der Waals surface area (Å²) in [6, 6.07) is 0. The number of likely N-dealkylation sites (N-methyl/N-ethyl adjacent to an activating group) is 1. The molecule has 1 unspecified atom stereocenters. The Morgan fingerprint density at radius 1 is 1.20 bits per heavy atom. The standard InChI is InChI=1S/C14H28N2O2.2ClH/c1-5-14(3,4)18-12-13(17)11-16-9-7-15(6-2)8-10-16;;/h5,13,17H,1,6-12H2,2-4H3;2*1H. The number of aliphatic hydroxyl groups is 1. The molecule has 0 aromatic carbocycles. The van der Waals surface area contributed by atoms with Crippen LogP contribution >= 0.6 is 24.8 Å². The molecule has 1 atom stereocenters. The van der Waals surface area contributed by atoms with Crippen LogP contribution in [0, 0.1) is 0 Å². The van der Waals surface area contributed by atoms with Crippen LogP contribution in [0.1, 0.15) is 20.8 Å². The molecule has 0 radical (unpaired) electrons. The summed E-state index contributed by atoms with van der Waals surface area (Å²) >= 11 is 0. The van der Waals surface area contributed by atoms with Gasteiger partial charge in [0.15, 0.2) is 0 Å². The van der Waals surface area contributed by atoms with Crippen molar-refractivity contribution in [3.05, 3.63) is 12.7 Å². The summed E-state index contributed by atoms with van der Waals surface area (Å²) in [6.45, 7) is 16.3. The summed E-state index contributed by atoms with van der Waals surface area (Å²) in [5, 5.41) is 9.97. The fourth-order valence-electron chi connectivity index (χ4n) is 2.01. The number of hydrogen-bond acceptors (Lipinski definition) is 4. The van der Waals surface area contributed by atoms with Crippen molar-refractivity contribution in [2.45, 2.75) is 32.5 Å². The first-order chi connectivity index (χ1) is 8.46. The van der Waals surface area contributed by atoms with E-state index in [0.29, 0.717) is 13.2 Å². The van der Waals surface area contributed by atoms with E-state index in [4.69, 9.17) is 4.74 Å². The lowest BCUT2D eigenvalue weighted by molar-refractivity contribution is -0.0448. The van der Waals surface area contributed by atoms with Crippen LogP contribution in [-0.4, -0.2) is 72.5 Å². The molecule has 1 N–H and O–H groups in total. The van der Waals surface area contributed by atoms with Crippen molar-refractivity contribution in [1.29, 1.82) is 0 Å². The number of nitrogens with zero attached hydrogens (tertiary/aromatic N) is 2. The van der Waals surface area contributed by atoms with Gasteiger partial charge in [-0.1, -0.05) is 13.0 Å². The molecule has 122 valence electrons. The van der Waals surface area contributed by atoms with E-state index in [1.807, 2.05) is 13.8 Å². The summed E-state index contributed by atoms with van der Waals surface area (Å²) in [7, 11) is 0. The van der Waals surface area contributed by atoms with Gasteiger partial charge < -0.3 is 14.7 Å². The molecular formula is C14H30Cl2N2O2. The largest absolute Gasteiger partial charge is 0.389 e. The van der Waals surface area contributed by atoms with Gasteiger partial charge in [-0.3, -0.25) is 4.90 Å². The molecule has 1 heterocycles. The first-order valence-electron chi connectivity index (χ1n) is 6.87. The van der Waals surface area contributed by atoms with Gasteiger partial charge in [0.2, 0.25) is 0 Å². The van der Waals surface area contributed by atoms with Gasteiger partial charge in [0.25, 0.3) is 0 Å². The van der Waals surface area contributed by atoms with Crippen LogP contribution in [0.2, 0.25) is 0 Å². The number of β-amino-alcohol motifs (C(OH)–C–C–N with tert-alkyl or cyclic N) is 1. The van der Waals surface area contributed by atoms with E-state index in [2.05, 4.69) is 23.3 Å². The molecule has 0 aliphatic carbocycles. The molecule has 1 aliphatic rings. The topological polar surface area (TPSA) is 35.9 Å². The van der Waals surface area contributed by atoms with Crippen molar-refractivity contribution < 1.29 is 9.84 Å². The first-order valence-corrected chi connectivity index (χ1v) is 6.87. The van der Waals surface area contributed by atoms with Crippen LogP contribution in [0.4, 0.5) is 0 Å². The lowest BCUT2D eigenvalue weighted by atomic mass is 10.1. The van der Waals surface area contributed by atoms with E-state index in [0.717, 1.165) is 32.7 Å². The van der Waals surface area contributed by atoms with E-state index in [1.165, 1.54) is 0 Å². The monoisotopic (exact) mass is 328 g/mol. The zero-order valence-electron chi connectivity index (χ0n) is 12.9. The fourth-order valence-corrected chi connectivity index (χ4v) is 2.01. The Balaban J connectivity index is 0. The number of aliphatic hydroxyl groups excluding tert-OH is 1. The smallest absolute Gasteiger partial charge is 0.0900 e. The van der Waals surface area contributed by atoms with Crippen LogP contribution in [0.5, 0.6) is 0 Å². The van der Waals surface area contributed by atoms with Gasteiger partial charge in [0, 0.05) is 32.7 Å². The van der Waals surface area contributed by atoms with Crippen LogP contribution in [0.25, 0.3) is 0 Å². The fraction of sp³-hybridized carbons (Fsp3) is 0.857. The van der Waals surface area contributed by atoms with E-state index in [9.17, 15) is 5.11 Å². The molecule has 1 aliphatic heterocycles. The van der Waals surface area contributed by atoms with E-state index < -0.39 is 6.10 Å². The average Bonchev–Trinajstić information content (AvgIpc) is 2.37. The van der Waals surface area contributed by atoms with Gasteiger partial charge in [0.05, 0.1) is 18.3 Å². The molecule has 4 nitrogen and oxygen atoms in total. The maximum Gasteiger partial charge on any atom is 0.0900 e. The molecule has 6 heteroatoms. The van der Waals surface area contributed by atoms with Gasteiger partial charge in [0.1, 0.15) is 0 Å². The van der Waals surface area contributed by atoms with E-state index in [-0.39, 0.29) is 30.4 Å². The zero-order chi connectivity index (χ0) is 13.6. The second kappa shape index (κ2) is 10.8. The molecule has 1 fully saturated rings. The highest BCUT2D eigenvalue weighted by atomic mass is 35.5. The Bertz CT molecular complexity index is 258. The average molecular weight is 329 g/mol. The second-order valence-electron chi connectivity index (χ2n) is 5.51. The maximum absolute atomic E-state index is 9.97. The van der Waals surface area contributed by atoms with Gasteiger partial charge in [-0.05, 0) is 20.4 Å². The lowest BCUT2D eigenvalue weighted by Gasteiger charge is -2.35. The zero-order valence-corrected chi connectivity index (χ0v) is 14.5. The third kappa shape index (κ3) is 8.45. The maximum atomic E-state index is 9.97. The highest BCUT2D eigenvalue weighted by Gasteiger charge is 2.20. The van der Waals surface area contributed by atoms with Crippen LogP contribution in [0.15, 0.2) is 12.7 Å². The molecule has 1 saturated heterocycles. The second-order valence-corrected chi connectivity index (χ2v) is 5.51. The minimum atomic E-state index is -0.419. The Hall–Kier alpha value is 0.160. The molecule has 0 aromatic heterocycles. The Morgan fingerprint density at radius 3 is 2.15 bits per heavy atom. The van der Waals surface area contributed by atoms with Gasteiger partial charge in [-0.25, -0.2) is 0 Å². The molecule has 0 spiro atoms. The highest BCUT2D eigenvalue weighted by molar-refractivity contribution is 5.85. The summed E-state index contributed by atoms with van der Waals surface area (Å²) in [5.41, 5.74) is -0.359. The van der Waals surface area contributed by atoms with E-state index in [1.54, 1.807) is 6.08 Å². The van der Waals surface area contributed by atoms with Crippen molar-refractivity contribution in [2.24, 2.45) is 0 Å². The summed E-state index contributed by atoms with van der Waals surface area (Å²) in [5.74, 6) is 0. The summed E-state index contributed by atoms with van der Waals surface area (Å²) in [6.07, 6.45) is 1.34. The summed E-state index contributed by atoms with van der Waals surface area (Å²) in [4.78, 5) is 4.74. The molecule has 20 heavy (non-hydrogen) atoms. The van der Waals surface area contributed by atoms with Crippen LogP contribution in [-0.2, 0) is 4.74 Å². The van der Waals surface area contributed by atoms with Gasteiger partial charge >= 0.3 is 0 Å². The molecule has 0 saturated carbocycles. The first kappa shape index (κ1) is 22.4. The lowest BCUT2D eigenvalue weighted by Crippen LogP contribution is -2.49. The third-order valence-electron chi connectivity index (χ3n) is 3.52. The molecular weight excluding hydrogens is 299 g/mol. The number of piperazine rings is 1. The number of ether oxygens (including phenoxy) is 1. The van der Waals surface area contributed by atoms with E-state index >= 15 is 0 Å². The number of rotatable bonds is 7. The Morgan fingerprint density at radius 2 is 1.70 bits per heavy atom. The van der Waals surface area contributed by atoms with Crippen molar-refractivity contribution >= 4 is 24.8 Å². The molecule has 1 rings (SSSR count). The van der Waals surface area contributed by atoms with Crippen molar-refractivity contribution in [2.75, 3.05) is 45.9 Å². The van der Waals surface area contributed by atoms with Crippen molar-refractivity contribution in [3.63, 3.8) is 0 Å². The Kier molecular flexibility index (Phi) is 12.1. The van der Waals surface area contributed by atoms with Gasteiger partial charge in [-0.15, -0.1) is 31.4 Å². The predicted octanol–water partition coefficient (Wildman–Crippen LogP) is 1.81. The summed E-state index contributed by atoms with van der Waals surface area (Å²) < 4.78 is 5.62. The Labute approximate surface area is 136 Å². The quantitative estimate of drug-likeness (QED) is 0.723. The highest BCUT2D eigenvalue weighted by Crippen LogP contribution is 2.11.